The van der Waals surface area contributed by atoms with Crippen molar-refractivity contribution in [3.63, 3.8) is 0 Å². The maximum Gasteiger partial charge on any atom is 0.271 e. The number of piperidine rings is 1. The minimum atomic E-state index is -0.487. The summed E-state index contributed by atoms with van der Waals surface area (Å²) in [7, 11) is 0. The number of rotatable bonds is 6. The maximum absolute atomic E-state index is 12.3. The first-order valence-corrected chi connectivity index (χ1v) is 9.88. The van der Waals surface area contributed by atoms with Crippen LogP contribution in [0.15, 0.2) is 6.07 Å². The minimum Gasteiger partial charge on any atom is -0.389 e. The number of hydrogen-bond donors (Lipinski definition) is 3. The summed E-state index contributed by atoms with van der Waals surface area (Å²) in [6, 6.07) is 2.06. The molecule has 2 heterocycles. The fourth-order valence-electron chi connectivity index (χ4n) is 4.15. The molecule has 1 aliphatic carbocycles. The molecule has 0 spiro atoms. The van der Waals surface area contributed by atoms with Crippen LogP contribution in [-0.4, -0.2) is 57.4 Å². The van der Waals surface area contributed by atoms with Gasteiger partial charge in [0.05, 0.1) is 5.60 Å². The highest BCUT2D eigenvalue weighted by molar-refractivity contribution is 5.92. The smallest absolute Gasteiger partial charge is 0.271 e. The molecule has 1 aliphatic heterocycles. The summed E-state index contributed by atoms with van der Waals surface area (Å²) in [5.74, 6) is -0.0806. The number of aliphatic hydroxyl groups is 1. The largest absolute Gasteiger partial charge is 0.389 e. The van der Waals surface area contributed by atoms with Gasteiger partial charge < -0.3 is 15.3 Å². The number of aryl methyl sites for hydroxylation is 1. The second kappa shape index (κ2) is 8.32. The molecule has 140 valence electrons. The second-order valence-electron chi connectivity index (χ2n) is 7.84. The normalized spacial score (nSPS) is 22.0. The fraction of sp³-hybridized carbons (Fsp3) is 0.789. The first-order valence-electron chi connectivity index (χ1n) is 9.88. The second-order valence-corrected chi connectivity index (χ2v) is 7.84. The number of nitrogens with zero attached hydrogens (tertiary/aromatic N) is 2. The van der Waals surface area contributed by atoms with E-state index in [0.29, 0.717) is 5.69 Å². The van der Waals surface area contributed by atoms with Crippen LogP contribution in [0.5, 0.6) is 0 Å². The van der Waals surface area contributed by atoms with Crippen LogP contribution < -0.4 is 5.32 Å². The summed E-state index contributed by atoms with van der Waals surface area (Å²) in [4.78, 5) is 14.7. The van der Waals surface area contributed by atoms with Gasteiger partial charge in [-0.25, -0.2) is 0 Å². The Morgan fingerprint density at radius 1 is 1.36 bits per heavy atom. The van der Waals surface area contributed by atoms with E-state index in [1.165, 1.54) is 6.42 Å². The van der Waals surface area contributed by atoms with Crippen LogP contribution in [0.3, 0.4) is 0 Å². The topological polar surface area (TPSA) is 81.2 Å². The van der Waals surface area contributed by atoms with Gasteiger partial charge in [-0.15, -0.1) is 0 Å². The summed E-state index contributed by atoms with van der Waals surface area (Å²) >= 11 is 0. The van der Waals surface area contributed by atoms with E-state index in [0.717, 1.165) is 76.7 Å². The number of carbonyl (C=O) groups is 1. The Morgan fingerprint density at radius 2 is 2.08 bits per heavy atom. The third kappa shape index (κ3) is 5.05. The molecule has 3 rings (SSSR count). The molecule has 0 atom stereocenters. The quantitative estimate of drug-likeness (QED) is 0.736. The van der Waals surface area contributed by atoms with E-state index in [9.17, 15) is 9.90 Å². The van der Waals surface area contributed by atoms with Crippen LogP contribution in [0, 0.1) is 0 Å². The SMILES string of the molecule is CCCc1cc(C(=O)NC2CCN(CC3(O)CCCCC3)CC2)n[nH]1. The number of aromatic nitrogens is 2. The number of aromatic amines is 1. The molecule has 1 saturated carbocycles. The van der Waals surface area contributed by atoms with Crippen LogP contribution in [0.4, 0.5) is 0 Å². The Hall–Kier alpha value is -1.40. The third-order valence-electron chi connectivity index (χ3n) is 5.61. The Kier molecular flexibility index (Phi) is 6.12. The van der Waals surface area contributed by atoms with Crippen molar-refractivity contribution in [1.82, 2.24) is 20.4 Å². The summed E-state index contributed by atoms with van der Waals surface area (Å²) in [6.45, 7) is 4.77. The summed E-state index contributed by atoms with van der Waals surface area (Å²) in [6.07, 6.45) is 9.24. The number of hydrogen-bond acceptors (Lipinski definition) is 4. The van der Waals surface area contributed by atoms with Crippen molar-refractivity contribution in [3.05, 3.63) is 17.5 Å². The molecule has 2 fully saturated rings. The summed E-state index contributed by atoms with van der Waals surface area (Å²) in [5, 5.41) is 20.9. The van der Waals surface area contributed by atoms with E-state index in [-0.39, 0.29) is 11.9 Å². The average molecular weight is 348 g/mol. The molecule has 3 N–H and O–H groups in total. The summed E-state index contributed by atoms with van der Waals surface area (Å²) in [5.41, 5.74) is 1.02. The number of amides is 1. The van der Waals surface area contributed by atoms with E-state index < -0.39 is 5.60 Å². The van der Waals surface area contributed by atoms with Crippen LogP contribution in [0.25, 0.3) is 0 Å². The van der Waals surface area contributed by atoms with E-state index in [4.69, 9.17) is 0 Å². The van der Waals surface area contributed by atoms with Gasteiger partial charge in [0, 0.05) is 31.4 Å². The fourth-order valence-corrected chi connectivity index (χ4v) is 4.15. The molecule has 0 radical (unpaired) electrons. The third-order valence-corrected chi connectivity index (χ3v) is 5.61. The lowest BCUT2D eigenvalue weighted by Crippen LogP contribution is -2.50. The highest BCUT2D eigenvalue weighted by Crippen LogP contribution is 2.29. The van der Waals surface area contributed by atoms with E-state index in [2.05, 4.69) is 27.3 Å². The van der Waals surface area contributed by atoms with Crippen molar-refractivity contribution in [2.45, 2.75) is 76.4 Å². The molecule has 6 heteroatoms. The Morgan fingerprint density at radius 3 is 2.76 bits per heavy atom. The van der Waals surface area contributed by atoms with Gasteiger partial charge in [0.1, 0.15) is 5.69 Å². The van der Waals surface area contributed by atoms with Gasteiger partial charge in [-0.2, -0.15) is 5.10 Å². The van der Waals surface area contributed by atoms with Crippen molar-refractivity contribution in [3.8, 4) is 0 Å². The molecule has 0 bridgehead atoms. The number of H-pyrrole nitrogens is 1. The van der Waals surface area contributed by atoms with Gasteiger partial charge in [0.2, 0.25) is 0 Å². The van der Waals surface area contributed by atoms with E-state index >= 15 is 0 Å². The zero-order chi connectivity index (χ0) is 17.7. The summed E-state index contributed by atoms with van der Waals surface area (Å²) < 4.78 is 0. The monoisotopic (exact) mass is 348 g/mol. The van der Waals surface area contributed by atoms with Gasteiger partial charge in [0.15, 0.2) is 0 Å². The first-order chi connectivity index (χ1) is 12.1. The van der Waals surface area contributed by atoms with Crippen LogP contribution in [0.2, 0.25) is 0 Å². The number of carbonyl (C=O) groups excluding carboxylic acids is 1. The Balaban J connectivity index is 1.43. The number of likely N-dealkylation sites (tertiary alicyclic amines) is 1. The predicted molar refractivity (Wildman–Crippen MR) is 97.5 cm³/mol. The molecular weight excluding hydrogens is 316 g/mol. The maximum atomic E-state index is 12.3. The van der Waals surface area contributed by atoms with Crippen LogP contribution >= 0.6 is 0 Å². The van der Waals surface area contributed by atoms with Crippen molar-refractivity contribution in [2.75, 3.05) is 19.6 Å². The molecule has 1 amide bonds. The number of β-amino-alcohol motifs (C(OH)–C–C–N with tert-alkyl or cyclic N) is 1. The lowest BCUT2D eigenvalue weighted by atomic mass is 9.84. The van der Waals surface area contributed by atoms with E-state index in [1.807, 2.05) is 6.07 Å². The lowest BCUT2D eigenvalue weighted by molar-refractivity contribution is -0.0312. The highest BCUT2D eigenvalue weighted by Gasteiger charge is 2.33. The minimum absolute atomic E-state index is 0.0806. The van der Waals surface area contributed by atoms with Crippen molar-refractivity contribution in [2.24, 2.45) is 0 Å². The molecule has 1 aromatic heterocycles. The van der Waals surface area contributed by atoms with Crippen molar-refractivity contribution >= 4 is 5.91 Å². The van der Waals surface area contributed by atoms with Crippen molar-refractivity contribution in [1.29, 1.82) is 0 Å². The van der Waals surface area contributed by atoms with E-state index in [1.54, 1.807) is 0 Å². The lowest BCUT2D eigenvalue weighted by Gasteiger charge is -2.40. The van der Waals surface area contributed by atoms with Gasteiger partial charge in [0.25, 0.3) is 5.91 Å². The zero-order valence-electron chi connectivity index (χ0n) is 15.4. The predicted octanol–water partition coefficient (Wildman–Crippen LogP) is 2.25. The molecule has 1 saturated heterocycles. The Bertz CT molecular complexity index is 558. The molecule has 25 heavy (non-hydrogen) atoms. The molecular formula is C19H32N4O2. The zero-order valence-corrected chi connectivity index (χ0v) is 15.4. The van der Waals surface area contributed by atoms with Gasteiger partial charge in [-0.05, 0) is 38.2 Å². The molecule has 2 aliphatic rings. The van der Waals surface area contributed by atoms with Crippen LogP contribution in [0.1, 0.15) is 74.5 Å². The molecule has 0 unspecified atom stereocenters. The highest BCUT2D eigenvalue weighted by atomic mass is 16.3. The first kappa shape index (κ1) is 18.4. The Labute approximate surface area is 150 Å². The van der Waals surface area contributed by atoms with Gasteiger partial charge in [-0.3, -0.25) is 9.89 Å². The van der Waals surface area contributed by atoms with Gasteiger partial charge in [-0.1, -0.05) is 32.6 Å². The molecule has 1 aromatic rings. The standard InChI is InChI=1S/C19H32N4O2/c1-2-6-16-13-17(22-21-16)18(24)20-15-7-11-23(12-8-15)14-19(25)9-4-3-5-10-19/h13,15,25H,2-12,14H2,1H3,(H,20,24)(H,21,22). The average Bonchev–Trinajstić information content (AvgIpc) is 3.06. The van der Waals surface area contributed by atoms with Crippen LogP contribution in [-0.2, 0) is 6.42 Å². The molecule has 6 nitrogen and oxygen atoms in total. The molecule has 0 aromatic carbocycles. The number of nitrogens with one attached hydrogen (secondary N) is 2. The van der Waals surface area contributed by atoms with Gasteiger partial charge >= 0.3 is 0 Å². The van der Waals surface area contributed by atoms with Crippen molar-refractivity contribution < 1.29 is 9.90 Å².